The monoisotopic (exact) mass is 425 g/mol. The summed E-state index contributed by atoms with van der Waals surface area (Å²) in [5.41, 5.74) is 2.78. The maximum absolute atomic E-state index is 12.4. The van der Waals surface area contributed by atoms with Crippen LogP contribution in [0.1, 0.15) is 34.3 Å². The summed E-state index contributed by atoms with van der Waals surface area (Å²) in [5.74, 6) is 1.22. The molecule has 3 rings (SSSR count). The number of nitrogens with zero attached hydrogens (tertiary/aromatic N) is 2. The minimum atomic E-state index is -0.0512. The second kappa shape index (κ2) is 10.6. The Morgan fingerprint density at radius 1 is 1.13 bits per heavy atom. The molecule has 0 atom stereocenters. The van der Waals surface area contributed by atoms with Crippen molar-refractivity contribution in [3.63, 3.8) is 0 Å². The summed E-state index contributed by atoms with van der Waals surface area (Å²) in [6, 6.07) is 15.1. The zero-order chi connectivity index (χ0) is 21.3. The maximum atomic E-state index is 12.4. The Hall–Kier alpha value is -3.13. The average Bonchev–Trinajstić information content (AvgIpc) is 3.19. The Balaban J connectivity index is 1.45. The number of aromatic nitrogens is 2. The summed E-state index contributed by atoms with van der Waals surface area (Å²) < 4.78 is 11.2. The predicted octanol–water partition coefficient (Wildman–Crippen LogP) is 3.61. The number of ether oxygens (including phenoxy) is 1. The summed E-state index contributed by atoms with van der Waals surface area (Å²) in [7, 11) is 0. The van der Waals surface area contributed by atoms with Gasteiger partial charge in [-0.15, -0.1) is 10.2 Å². The molecule has 0 spiro atoms. The number of carbonyl (C=O) groups excluding carboxylic acids is 2. The second-order valence-electron chi connectivity index (χ2n) is 6.71. The molecule has 1 heterocycles. The van der Waals surface area contributed by atoms with Crippen molar-refractivity contribution in [1.82, 2.24) is 15.5 Å². The van der Waals surface area contributed by atoms with E-state index in [1.165, 1.54) is 18.7 Å². The van der Waals surface area contributed by atoms with Crippen LogP contribution < -0.4 is 10.1 Å². The normalized spacial score (nSPS) is 10.6. The van der Waals surface area contributed by atoms with E-state index in [0.717, 1.165) is 23.3 Å². The lowest BCUT2D eigenvalue weighted by Gasteiger charge is -2.04. The highest BCUT2D eigenvalue weighted by Gasteiger charge is 2.12. The molecule has 8 heteroatoms. The van der Waals surface area contributed by atoms with E-state index >= 15 is 0 Å². The number of aryl methyl sites for hydroxylation is 1. The van der Waals surface area contributed by atoms with E-state index in [0.29, 0.717) is 23.2 Å². The molecule has 0 radical (unpaired) electrons. The van der Waals surface area contributed by atoms with Crippen LogP contribution in [0.2, 0.25) is 0 Å². The molecular formula is C22H23N3O4S. The highest BCUT2D eigenvalue weighted by molar-refractivity contribution is 7.99. The van der Waals surface area contributed by atoms with Gasteiger partial charge in [0.2, 0.25) is 5.91 Å². The van der Waals surface area contributed by atoms with E-state index < -0.39 is 0 Å². The van der Waals surface area contributed by atoms with Crippen LogP contribution in [0.4, 0.5) is 0 Å². The number of nitrogens with one attached hydrogen (secondary N) is 1. The fraction of sp³-hybridized carbons (Fsp3) is 0.273. The van der Waals surface area contributed by atoms with Crippen molar-refractivity contribution >= 4 is 23.5 Å². The molecule has 0 saturated carbocycles. The quantitative estimate of drug-likeness (QED) is 0.392. The van der Waals surface area contributed by atoms with Gasteiger partial charge >= 0.3 is 0 Å². The van der Waals surface area contributed by atoms with Crippen molar-refractivity contribution in [3.05, 3.63) is 71.1 Å². The van der Waals surface area contributed by atoms with Crippen LogP contribution >= 0.6 is 11.8 Å². The SMILES string of the molecule is CC(=O)NCCc1ccc(C(=O)CSc2nnc(COc3cccc(C)c3)o2)cc1. The van der Waals surface area contributed by atoms with Crippen molar-refractivity contribution in [2.45, 2.75) is 32.1 Å². The lowest BCUT2D eigenvalue weighted by atomic mass is 10.1. The predicted molar refractivity (Wildman–Crippen MR) is 114 cm³/mol. The first-order valence-electron chi connectivity index (χ1n) is 9.51. The van der Waals surface area contributed by atoms with Crippen LogP contribution in [-0.4, -0.2) is 34.2 Å². The third-order valence-corrected chi connectivity index (χ3v) is 5.01. The van der Waals surface area contributed by atoms with Gasteiger partial charge in [-0.3, -0.25) is 9.59 Å². The van der Waals surface area contributed by atoms with Gasteiger partial charge in [0.05, 0.1) is 5.75 Å². The first-order chi connectivity index (χ1) is 14.5. The Morgan fingerprint density at radius 3 is 2.67 bits per heavy atom. The molecule has 0 saturated heterocycles. The Morgan fingerprint density at radius 2 is 1.93 bits per heavy atom. The van der Waals surface area contributed by atoms with Crippen LogP contribution in [0.25, 0.3) is 0 Å². The highest BCUT2D eigenvalue weighted by Crippen LogP contribution is 2.20. The summed E-state index contributed by atoms with van der Waals surface area (Å²) in [6.45, 7) is 4.23. The molecule has 0 fully saturated rings. The third-order valence-electron chi connectivity index (χ3n) is 4.19. The lowest BCUT2D eigenvalue weighted by Crippen LogP contribution is -2.22. The molecule has 30 heavy (non-hydrogen) atoms. The van der Waals surface area contributed by atoms with Gasteiger partial charge in [-0.05, 0) is 36.6 Å². The summed E-state index contributed by atoms with van der Waals surface area (Å²) in [4.78, 5) is 23.3. The van der Waals surface area contributed by atoms with Gasteiger partial charge in [0.25, 0.3) is 11.1 Å². The van der Waals surface area contributed by atoms with Gasteiger partial charge in [0.15, 0.2) is 12.4 Å². The largest absolute Gasteiger partial charge is 0.484 e. The van der Waals surface area contributed by atoms with Crippen molar-refractivity contribution < 1.29 is 18.7 Å². The van der Waals surface area contributed by atoms with Crippen LogP contribution in [0.5, 0.6) is 5.75 Å². The van der Waals surface area contributed by atoms with Gasteiger partial charge in [0.1, 0.15) is 5.75 Å². The number of benzene rings is 2. The average molecular weight is 426 g/mol. The van der Waals surface area contributed by atoms with Crippen molar-refractivity contribution in [1.29, 1.82) is 0 Å². The molecule has 0 unspecified atom stereocenters. The van der Waals surface area contributed by atoms with Crippen molar-refractivity contribution in [2.24, 2.45) is 0 Å². The molecule has 156 valence electrons. The van der Waals surface area contributed by atoms with Gasteiger partial charge < -0.3 is 14.5 Å². The summed E-state index contributed by atoms with van der Waals surface area (Å²) >= 11 is 1.20. The number of carbonyl (C=O) groups is 2. The molecule has 0 aliphatic rings. The number of ketones is 1. The molecule has 0 bridgehead atoms. The van der Waals surface area contributed by atoms with Crippen LogP contribution in [0, 0.1) is 6.92 Å². The molecule has 1 amide bonds. The first-order valence-corrected chi connectivity index (χ1v) is 10.5. The van der Waals surface area contributed by atoms with Gasteiger partial charge in [0, 0.05) is 19.0 Å². The first kappa shape index (κ1) is 21.6. The number of amides is 1. The summed E-state index contributed by atoms with van der Waals surface area (Å²) in [6.07, 6.45) is 0.720. The molecule has 7 nitrogen and oxygen atoms in total. The van der Waals surface area contributed by atoms with E-state index in [1.807, 2.05) is 43.3 Å². The third kappa shape index (κ3) is 6.73. The van der Waals surface area contributed by atoms with E-state index in [1.54, 1.807) is 12.1 Å². The zero-order valence-electron chi connectivity index (χ0n) is 16.9. The van der Waals surface area contributed by atoms with E-state index in [4.69, 9.17) is 9.15 Å². The molecule has 1 aromatic heterocycles. The smallest absolute Gasteiger partial charge is 0.277 e. The fourth-order valence-electron chi connectivity index (χ4n) is 2.66. The van der Waals surface area contributed by atoms with E-state index in [2.05, 4.69) is 15.5 Å². The molecule has 1 N–H and O–H groups in total. The van der Waals surface area contributed by atoms with E-state index in [9.17, 15) is 9.59 Å². The Bertz CT molecular complexity index is 1000. The van der Waals surface area contributed by atoms with Crippen molar-refractivity contribution in [2.75, 3.05) is 12.3 Å². The van der Waals surface area contributed by atoms with Crippen LogP contribution in [-0.2, 0) is 17.8 Å². The van der Waals surface area contributed by atoms with Crippen LogP contribution in [0.15, 0.2) is 58.2 Å². The minimum Gasteiger partial charge on any atom is -0.484 e. The topological polar surface area (TPSA) is 94.3 Å². The molecule has 0 aliphatic heterocycles. The fourth-order valence-corrected chi connectivity index (χ4v) is 3.33. The number of rotatable bonds is 10. The molecule has 3 aromatic rings. The Kier molecular flexibility index (Phi) is 7.62. The number of hydrogen-bond acceptors (Lipinski definition) is 7. The summed E-state index contributed by atoms with van der Waals surface area (Å²) in [5, 5.41) is 11.0. The lowest BCUT2D eigenvalue weighted by molar-refractivity contribution is -0.118. The second-order valence-corrected chi connectivity index (χ2v) is 7.64. The standard InChI is InChI=1S/C22H23N3O4S/c1-15-4-3-5-19(12-15)28-13-21-24-25-22(29-21)30-14-20(27)18-8-6-17(7-9-18)10-11-23-16(2)26/h3-9,12H,10-11,13-14H2,1-2H3,(H,23,26). The van der Waals surface area contributed by atoms with Gasteiger partial charge in [-0.25, -0.2) is 0 Å². The molecular weight excluding hydrogens is 402 g/mol. The Labute approximate surface area is 179 Å². The zero-order valence-corrected chi connectivity index (χ0v) is 17.7. The number of hydrogen-bond donors (Lipinski definition) is 1. The van der Waals surface area contributed by atoms with E-state index in [-0.39, 0.29) is 24.1 Å². The van der Waals surface area contributed by atoms with Crippen molar-refractivity contribution in [3.8, 4) is 5.75 Å². The van der Waals surface area contributed by atoms with Gasteiger partial charge in [-0.2, -0.15) is 0 Å². The highest BCUT2D eigenvalue weighted by atomic mass is 32.2. The number of Topliss-reactive ketones (excluding diaryl/α,β-unsaturated/α-hetero) is 1. The molecule has 0 aliphatic carbocycles. The maximum Gasteiger partial charge on any atom is 0.277 e. The van der Waals surface area contributed by atoms with Crippen LogP contribution in [0.3, 0.4) is 0 Å². The van der Waals surface area contributed by atoms with Gasteiger partial charge in [-0.1, -0.05) is 48.2 Å². The molecule has 2 aromatic carbocycles. The minimum absolute atomic E-state index is 0.0239. The number of thioether (sulfide) groups is 1.